The average molecular weight is 309 g/mol. The molecular weight excluding hydrogens is 288 g/mol. The monoisotopic (exact) mass is 308 g/mol. The topological polar surface area (TPSA) is 43.8 Å². The van der Waals surface area contributed by atoms with Gasteiger partial charge < -0.3 is 10.0 Å². The van der Waals surface area contributed by atoms with Gasteiger partial charge in [-0.1, -0.05) is 29.8 Å². The van der Waals surface area contributed by atoms with Gasteiger partial charge in [0, 0.05) is 43.8 Å². The SMILES string of the molecule is CC(=CC(=O)N1CCN(CCO)CC1)c1ccccc1Cl. The summed E-state index contributed by atoms with van der Waals surface area (Å²) in [4.78, 5) is 16.3. The van der Waals surface area contributed by atoms with Gasteiger partial charge in [-0.3, -0.25) is 9.69 Å². The molecule has 1 N–H and O–H groups in total. The Morgan fingerprint density at radius 3 is 2.57 bits per heavy atom. The van der Waals surface area contributed by atoms with Gasteiger partial charge in [-0.05, 0) is 24.1 Å². The van der Waals surface area contributed by atoms with Gasteiger partial charge in [-0.2, -0.15) is 0 Å². The molecule has 114 valence electrons. The summed E-state index contributed by atoms with van der Waals surface area (Å²) in [6.45, 7) is 5.77. The van der Waals surface area contributed by atoms with E-state index in [2.05, 4.69) is 4.90 Å². The molecule has 1 aliphatic heterocycles. The lowest BCUT2D eigenvalue weighted by atomic mass is 10.1. The van der Waals surface area contributed by atoms with Crippen molar-refractivity contribution in [2.24, 2.45) is 0 Å². The predicted octanol–water partition coefficient (Wildman–Crippen LogP) is 1.88. The number of nitrogens with zero attached hydrogens (tertiary/aromatic N) is 2. The van der Waals surface area contributed by atoms with Crippen molar-refractivity contribution in [1.82, 2.24) is 9.80 Å². The molecule has 1 aromatic rings. The second kappa shape index (κ2) is 7.59. The molecule has 4 nitrogen and oxygen atoms in total. The lowest BCUT2D eigenvalue weighted by Crippen LogP contribution is -2.48. The van der Waals surface area contributed by atoms with Crippen molar-refractivity contribution in [3.8, 4) is 0 Å². The normalized spacial score (nSPS) is 17.1. The summed E-state index contributed by atoms with van der Waals surface area (Å²) in [6.07, 6.45) is 1.66. The first-order valence-electron chi connectivity index (χ1n) is 7.17. The summed E-state index contributed by atoms with van der Waals surface area (Å²) >= 11 is 6.15. The van der Waals surface area contributed by atoms with Crippen LogP contribution in [0.5, 0.6) is 0 Å². The first-order valence-corrected chi connectivity index (χ1v) is 7.55. The van der Waals surface area contributed by atoms with Crippen LogP contribution in [0, 0.1) is 0 Å². The second-order valence-corrected chi connectivity index (χ2v) is 5.60. The highest BCUT2D eigenvalue weighted by molar-refractivity contribution is 6.32. The molecule has 1 amide bonds. The largest absolute Gasteiger partial charge is 0.395 e. The molecule has 1 heterocycles. The number of β-amino-alcohol motifs (C(OH)–C–C–N with tert-alkyl or cyclic N) is 1. The molecular formula is C16H21ClN2O2. The number of carbonyl (C=O) groups excluding carboxylic acids is 1. The lowest BCUT2D eigenvalue weighted by Gasteiger charge is -2.33. The first kappa shape index (κ1) is 16.0. The van der Waals surface area contributed by atoms with E-state index in [4.69, 9.17) is 16.7 Å². The highest BCUT2D eigenvalue weighted by Gasteiger charge is 2.19. The summed E-state index contributed by atoms with van der Waals surface area (Å²) in [5.41, 5.74) is 1.77. The highest BCUT2D eigenvalue weighted by Crippen LogP contribution is 2.23. The van der Waals surface area contributed by atoms with Gasteiger partial charge >= 0.3 is 0 Å². The van der Waals surface area contributed by atoms with Crippen LogP contribution in [0.15, 0.2) is 30.3 Å². The van der Waals surface area contributed by atoms with Crippen molar-refractivity contribution in [3.63, 3.8) is 0 Å². The lowest BCUT2D eigenvalue weighted by molar-refractivity contribution is -0.127. The minimum atomic E-state index is 0.0241. The second-order valence-electron chi connectivity index (χ2n) is 5.20. The van der Waals surface area contributed by atoms with E-state index in [1.165, 1.54) is 0 Å². The van der Waals surface area contributed by atoms with Gasteiger partial charge in [0.25, 0.3) is 0 Å². The Labute approximate surface area is 130 Å². The fourth-order valence-corrected chi connectivity index (χ4v) is 2.75. The fourth-order valence-electron chi connectivity index (χ4n) is 2.47. The van der Waals surface area contributed by atoms with E-state index in [1.807, 2.05) is 36.1 Å². The number of halogens is 1. The number of benzene rings is 1. The Hall–Kier alpha value is -1.36. The van der Waals surface area contributed by atoms with Crippen LogP contribution in [-0.2, 0) is 4.79 Å². The van der Waals surface area contributed by atoms with Crippen LogP contribution in [0.25, 0.3) is 5.57 Å². The zero-order valence-electron chi connectivity index (χ0n) is 12.3. The van der Waals surface area contributed by atoms with Crippen LogP contribution in [0.2, 0.25) is 5.02 Å². The zero-order chi connectivity index (χ0) is 15.2. The van der Waals surface area contributed by atoms with E-state index < -0.39 is 0 Å². The summed E-state index contributed by atoms with van der Waals surface area (Å²) in [7, 11) is 0. The van der Waals surface area contributed by atoms with Gasteiger partial charge in [-0.25, -0.2) is 0 Å². The predicted molar refractivity (Wildman–Crippen MR) is 85.2 cm³/mol. The summed E-state index contributed by atoms with van der Waals surface area (Å²) in [5, 5.41) is 9.58. The molecule has 21 heavy (non-hydrogen) atoms. The standard InChI is InChI=1S/C16H21ClN2O2/c1-13(14-4-2-3-5-15(14)17)12-16(21)19-8-6-18(7-9-19)10-11-20/h2-5,12,20H,6-11H2,1H3. The van der Waals surface area contributed by atoms with Gasteiger partial charge in [0.05, 0.1) is 6.61 Å². The number of piperazine rings is 1. The Morgan fingerprint density at radius 1 is 1.29 bits per heavy atom. The number of hydrogen-bond donors (Lipinski definition) is 1. The van der Waals surface area contributed by atoms with Crippen LogP contribution in [0.3, 0.4) is 0 Å². The average Bonchev–Trinajstić information content (AvgIpc) is 2.48. The molecule has 1 aromatic carbocycles. The maximum absolute atomic E-state index is 12.3. The molecule has 0 aromatic heterocycles. The van der Waals surface area contributed by atoms with Crippen molar-refractivity contribution in [1.29, 1.82) is 0 Å². The molecule has 1 fully saturated rings. The maximum atomic E-state index is 12.3. The summed E-state index contributed by atoms with van der Waals surface area (Å²) in [6, 6.07) is 7.53. The van der Waals surface area contributed by atoms with Crippen LogP contribution >= 0.6 is 11.6 Å². The minimum Gasteiger partial charge on any atom is -0.395 e. The van der Waals surface area contributed by atoms with Crippen molar-refractivity contribution < 1.29 is 9.90 Å². The van der Waals surface area contributed by atoms with Crippen molar-refractivity contribution in [2.75, 3.05) is 39.3 Å². The molecule has 0 aliphatic carbocycles. The van der Waals surface area contributed by atoms with E-state index in [9.17, 15) is 4.79 Å². The number of rotatable bonds is 4. The van der Waals surface area contributed by atoms with Crippen molar-refractivity contribution in [3.05, 3.63) is 40.9 Å². The Bertz CT molecular complexity index is 523. The summed E-state index contributed by atoms with van der Waals surface area (Å²) < 4.78 is 0. The molecule has 0 saturated carbocycles. The van der Waals surface area contributed by atoms with E-state index in [-0.39, 0.29) is 12.5 Å². The smallest absolute Gasteiger partial charge is 0.246 e. The molecule has 0 bridgehead atoms. The Balaban J connectivity index is 1.98. The number of hydrogen-bond acceptors (Lipinski definition) is 3. The fraction of sp³-hybridized carbons (Fsp3) is 0.438. The van der Waals surface area contributed by atoms with E-state index in [1.54, 1.807) is 6.08 Å². The van der Waals surface area contributed by atoms with Crippen molar-refractivity contribution in [2.45, 2.75) is 6.92 Å². The maximum Gasteiger partial charge on any atom is 0.246 e. The Morgan fingerprint density at radius 2 is 1.95 bits per heavy atom. The zero-order valence-corrected chi connectivity index (χ0v) is 13.0. The summed E-state index contributed by atoms with van der Waals surface area (Å²) in [5.74, 6) is 0.0241. The minimum absolute atomic E-state index is 0.0241. The van der Waals surface area contributed by atoms with Crippen LogP contribution in [-0.4, -0.2) is 60.1 Å². The highest BCUT2D eigenvalue weighted by atomic mass is 35.5. The van der Waals surface area contributed by atoms with Crippen molar-refractivity contribution >= 4 is 23.1 Å². The van der Waals surface area contributed by atoms with E-state index in [0.29, 0.717) is 24.7 Å². The third-order valence-corrected chi connectivity index (χ3v) is 4.07. The van der Waals surface area contributed by atoms with Gasteiger partial charge in [0.2, 0.25) is 5.91 Å². The molecule has 1 saturated heterocycles. The third-order valence-electron chi connectivity index (χ3n) is 3.74. The van der Waals surface area contributed by atoms with Gasteiger partial charge in [-0.15, -0.1) is 0 Å². The molecule has 5 heteroatoms. The third kappa shape index (κ3) is 4.30. The molecule has 1 aliphatic rings. The van der Waals surface area contributed by atoms with Crippen LogP contribution < -0.4 is 0 Å². The molecule has 0 spiro atoms. The van der Waals surface area contributed by atoms with Crippen LogP contribution in [0.1, 0.15) is 12.5 Å². The molecule has 0 radical (unpaired) electrons. The van der Waals surface area contributed by atoms with Crippen LogP contribution in [0.4, 0.5) is 0 Å². The van der Waals surface area contributed by atoms with Gasteiger partial charge in [0.15, 0.2) is 0 Å². The molecule has 0 atom stereocenters. The number of aliphatic hydroxyl groups excluding tert-OH is 1. The molecule has 0 unspecified atom stereocenters. The van der Waals surface area contributed by atoms with Gasteiger partial charge in [0.1, 0.15) is 0 Å². The number of carbonyl (C=O) groups is 1. The number of amides is 1. The first-order chi connectivity index (χ1) is 10.1. The number of allylic oxidation sites excluding steroid dienone is 1. The van der Waals surface area contributed by atoms with E-state index in [0.717, 1.165) is 24.2 Å². The van der Waals surface area contributed by atoms with E-state index >= 15 is 0 Å². The Kier molecular flexibility index (Phi) is 5.79. The number of aliphatic hydroxyl groups is 1. The molecule has 2 rings (SSSR count). The quantitative estimate of drug-likeness (QED) is 0.864.